The summed E-state index contributed by atoms with van der Waals surface area (Å²) in [5.41, 5.74) is 16.3. The Kier molecular flexibility index (Phi) is 8.88. The molecule has 2 aliphatic carbocycles. The van der Waals surface area contributed by atoms with Crippen LogP contribution < -0.4 is 0 Å². The van der Waals surface area contributed by atoms with Gasteiger partial charge in [0, 0.05) is 11.8 Å². The average molecular weight is 497 g/mol. The van der Waals surface area contributed by atoms with Crippen LogP contribution in [0.25, 0.3) is 12.2 Å². The van der Waals surface area contributed by atoms with E-state index in [2.05, 4.69) is 91.8 Å². The minimum atomic E-state index is 0.112. The van der Waals surface area contributed by atoms with E-state index in [4.69, 9.17) is 0 Å². The van der Waals surface area contributed by atoms with Crippen molar-refractivity contribution in [1.82, 2.24) is 0 Å². The first-order chi connectivity index (χ1) is 17.9. The average Bonchev–Trinajstić information content (AvgIpc) is 3.48. The van der Waals surface area contributed by atoms with Crippen LogP contribution in [-0.4, -0.2) is 0 Å². The van der Waals surface area contributed by atoms with Crippen molar-refractivity contribution < 1.29 is 0 Å². The standard InChI is InChI=1S/C37H52/c1-9-15-27-19-21-29(17-11-3)33-31(27)23-25(13-5)35(33)37(7,8)36-26(14-6)24-32-28(16-10-2)20-22-30(18-12-4)34(32)36/h19-24,35-36H,9-18H2,1-8H3. The molecule has 0 radical (unpaired) electrons. The van der Waals surface area contributed by atoms with Crippen molar-refractivity contribution in [2.45, 2.75) is 131 Å². The van der Waals surface area contributed by atoms with Gasteiger partial charge in [-0.05, 0) is 88.4 Å². The Morgan fingerprint density at radius 3 is 1.16 bits per heavy atom. The lowest BCUT2D eigenvalue weighted by Crippen LogP contribution is -2.31. The van der Waals surface area contributed by atoms with Crippen LogP contribution in [0, 0.1) is 5.41 Å². The SMILES string of the molecule is CCCc1ccc(CCC)c2c1C=C(CC)C2C(C)(C)C1C(CC)=Cc2c(CCC)ccc(CCC)c21. The number of allylic oxidation sites excluding steroid dienone is 2. The van der Waals surface area contributed by atoms with Gasteiger partial charge in [-0.25, -0.2) is 0 Å². The lowest BCUT2D eigenvalue weighted by molar-refractivity contribution is 0.268. The van der Waals surface area contributed by atoms with Gasteiger partial charge in [-0.1, -0.05) is 129 Å². The first-order valence-corrected chi connectivity index (χ1v) is 15.6. The fourth-order valence-corrected chi connectivity index (χ4v) is 7.81. The van der Waals surface area contributed by atoms with Crippen LogP contribution in [0.5, 0.6) is 0 Å². The highest BCUT2D eigenvalue weighted by Gasteiger charge is 2.47. The van der Waals surface area contributed by atoms with Gasteiger partial charge in [-0.3, -0.25) is 0 Å². The summed E-state index contributed by atoms with van der Waals surface area (Å²) < 4.78 is 0. The zero-order valence-electron chi connectivity index (χ0n) is 25.2. The number of hydrogen-bond donors (Lipinski definition) is 0. The molecule has 2 aromatic rings. The fourth-order valence-electron chi connectivity index (χ4n) is 7.81. The first kappa shape index (κ1) is 27.9. The Morgan fingerprint density at radius 1 is 0.514 bits per heavy atom. The van der Waals surface area contributed by atoms with Gasteiger partial charge in [0.2, 0.25) is 0 Å². The molecule has 200 valence electrons. The summed E-state index contributed by atoms with van der Waals surface area (Å²) >= 11 is 0. The minimum Gasteiger partial charge on any atom is -0.0651 e. The highest BCUT2D eigenvalue weighted by atomic mass is 14.5. The summed E-state index contributed by atoms with van der Waals surface area (Å²) in [5.74, 6) is 0.974. The maximum atomic E-state index is 2.62. The number of aryl methyl sites for hydroxylation is 4. The monoisotopic (exact) mass is 496 g/mol. The van der Waals surface area contributed by atoms with Crippen molar-refractivity contribution in [3.63, 3.8) is 0 Å². The van der Waals surface area contributed by atoms with E-state index in [0.717, 1.165) is 12.8 Å². The Balaban J connectivity index is 1.94. The molecule has 0 aromatic heterocycles. The van der Waals surface area contributed by atoms with Gasteiger partial charge < -0.3 is 0 Å². The lowest BCUT2D eigenvalue weighted by atomic mass is 9.60. The van der Waals surface area contributed by atoms with Crippen molar-refractivity contribution in [3.8, 4) is 0 Å². The van der Waals surface area contributed by atoms with E-state index in [0.29, 0.717) is 11.8 Å². The quantitative estimate of drug-likeness (QED) is 0.274. The smallest absolute Gasteiger partial charge is 0.0120 e. The molecular weight excluding hydrogens is 444 g/mol. The van der Waals surface area contributed by atoms with Gasteiger partial charge in [-0.15, -0.1) is 0 Å². The van der Waals surface area contributed by atoms with Crippen LogP contribution in [0.15, 0.2) is 35.4 Å². The van der Waals surface area contributed by atoms with Gasteiger partial charge in [-0.2, -0.15) is 0 Å². The number of fused-ring (bicyclic) bond motifs is 2. The number of rotatable bonds is 12. The van der Waals surface area contributed by atoms with E-state index < -0.39 is 0 Å². The molecular formula is C37H52. The third-order valence-corrected chi connectivity index (χ3v) is 9.30. The van der Waals surface area contributed by atoms with Crippen LogP contribution in [0.1, 0.15) is 150 Å². The molecule has 0 fully saturated rings. The van der Waals surface area contributed by atoms with Crippen molar-refractivity contribution >= 4 is 12.2 Å². The van der Waals surface area contributed by atoms with Crippen molar-refractivity contribution in [2.24, 2.45) is 5.41 Å². The van der Waals surface area contributed by atoms with Gasteiger partial charge in [0.25, 0.3) is 0 Å². The van der Waals surface area contributed by atoms with E-state index in [9.17, 15) is 0 Å². The number of hydrogen-bond acceptors (Lipinski definition) is 0. The highest BCUT2D eigenvalue weighted by Crippen LogP contribution is 2.61. The zero-order valence-corrected chi connectivity index (χ0v) is 25.2. The molecule has 37 heavy (non-hydrogen) atoms. The Hall–Kier alpha value is -2.08. The summed E-state index contributed by atoms with van der Waals surface area (Å²) in [6.45, 7) is 19.3. The molecule has 0 saturated carbocycles. The number of benzene rings is 2. The van der Waals surface area contributed by atoms with Crippen molar-refractivity contribution in [2.75, 3.05) is 0 Å². The van der Waals surface area contributed by atoms with Gasteiger partial charge in [0.05, 0.1) is 0 Å². The second-order valence-electron chi connectivity index (χ2n) is 12.3. The van der Waals surface area contributed by atoms with Gasteiger partial charge in [0.1, 0.15) is 0 Å². The first-order valence-electron chi connectivity index (χ1n) is 15.6. The van der Waals surface area contributed by atoms with E-state index in [1.54, 1.807) is 55.7 Å². The molecule has 0 nitrogen and oxygen atoms in total. The third-order valence-electron chi connectivity index (χ3n) is 9.30. The molecule has 0 heterocycles. The maximum absolute atomic E-state index is 2.62. The summed E-state index contributed by atoms with van der Waals surface area (Å²) in [6.07, 6.45) is 17.1. The molecule has 0 amide bonds. The van der Waals surface area contributed by atoms with Crippen LogP contribution in [0.4, 0.5) is 0 Å². The van der Waals surface area contributed by atoms with Crippen molar-refractivity contribution in [1.29, 1.82) is 0 Å². The van der Waals surface area contributed by atoms with Gasteiger partial charge >= 0.3 is 0 Å². The molecule has 0 spiro atoms. The summed E-state index contributed by atoms with van der Waals surface area (Å²) in [4.78, 5) is 0. The Morgan fingerprint density at radius 2 is 0.838 bits per heavy atom. The Bertz CT molecular complexity index is 1080. The van der Waals surface area contributed by atoms with Gasteiger partial charge in [0.15, 0.2) is 0 Å². The van der Waals surface area contributed by atoms with E-state index in [1.807, 2.05) is 0 Å². The maximum Gasteiger partial charge on any atom is 0.0120 e. The van der Waals surface area contributed by atoms with Crippen LogP contribution in [0.2, 0.25) is 0 Å². The van der Waals surface area contributed by atoms with Crippen molar-refractivity contribution in [3.05, 3.63) is 79.9 Å². The molecule has 0 heteroatoms. The molecule has 4 rings (SSSR count). The second-order valence-corrected chi connectivity index (χ2v) is 12.3. The minimum absolute atomic E-state index is 0.112. The van der Waals surface area contributed by atoms with Crippen LogP contribution in [-0.2, 0) is 25.7 Å². The molecule has 2 atom stereocenters. The molecule has 0 bridgehead atoms. The third kappa shape index (κ3) is 4.91. The molecule has 0 aliphatic heterocycles. The fraction of sp³-hybridized carbons (Fsp3) is 0.568. The normalized spacial score (nSPS) is 18.6. The lowest BCUT2D eigenvalue weighted by Gasteiger charge is -2.43. The molecule has 2 aromatic carbocycles. The van der Waals surface area contributed by atoms with E-state index in [-0.39, 0.29) is 5.41 Å². The zero-order chi connectivity index (χ0) is 26.7. The van der Waals surface area contributed by atoms with E-state index in [1.165, 1.54) is 51.4 Å². The molecule has 2 aliphatic rings. The predicted molar refractivity (Wildman–Crippen MR) is 165 cm³/mol. The summed E-state index contributed by atoms with van der Waals surface area (Å²) in [7, 11) is 0. The second kappa shape index (κ2) is 11.8. The summed E-state index contributed by atoms with van der Waals surface area (Å²) in [5, 5.41) is 0. The Labute approximate surface area is 228 Å². The predicted octanol–water partition coefficient (Wildman–Crippen LogP) is 11.0. The van der Waals surface area contributed by atoms with E-state index >= 15 is 0 Å². The van der Waals surface area contributed by atoms with Crippen LogP contribution >= 0.6 is 0 Å². The topological polar surface area (TPSA) is 0 Å². The molecule has 0 saturated heterocycles. The molecule has 2 unspecified atom stereocenters. The largest absolute Gasteiger partial charge is 0.0651 e. The summed E-state index contributed by atoms with van der Waals surface area (Å²) in [6, 6.07) is 9.88. The molecule has 0 N–H and O–H groups in total. The van der Waals surface area contributed by atoms with Crippen LogP contribution in [0.3, 0.4) is 0 Å². The highest BCUT2D eigenvalue weighted by molar-refractivity contribution is 5.75.